The molecule has 0 aromatic rings. The van der Waals surface area contributed by atoms with Crippen molar-refractivity contribution in [2.75, 3.05) is 26.9 Å². The molecule has 0 fully saturated rings. The normalized spacial score (nSPS) is 14.4. The van der Waals surface area contributed by atoms with E-state index in [-0.39, 0.29) is 19.2 Å². The van der Waals surface area contributed by atoms with E-state index in [2.05, 4.69) is 0 Å². The van der Waals surface area contributed by atoms with E-state index < -0.39 is 11.4 Å². The molecule has 0 saturated carbocycles. The van der Waals surface area contributed by atoms with Gasteiger partial charge in [0.15, 0.2) is 0 Å². The molecule has 0 heterocycles. The fourth-order valence-corrected chi connectivity index (χ4v) is 1.18. The average molecular weight is 244 g/mol. The van der Waals surface area contributed by atoms with Crippen LogP contribution in [0.4, 0.5) is 0 Å². The third kappa shape index (κ3) is 7.52. The summed E-state index contributed by atoms with van der Waals surface area (Å²) in [6, 6.07) is 0. The van der Waals surface area contributed by atoms with Gasteiger partial charge >= 0.3 is 11.9 Å². The largest absolute Gasteiger partial charge is 0.465 e. The summed E-state index contributed by atoms with van der Waals surface area (Å²) in [4.78, 5) is 21.9. The Hall–Kier alpha value is -1.36. The molecular weight excluding hydrogens is 224 g/mol. The van der Waals surface area contributed by atoms with Crippen molar-refractivity contribution in [3.8, 4) is 0 Å². The maximum atomic E-state index is 11.2. The molecule has 5 heteroatoms. The van der Waals surface area contributed by atoms with Crippen molar-refractivity contribution in [3.05, 3.63) is 12.2 Å². The van der Waals surface area contributed by atoms with Gasteiger partial charge in [-0.25, -0.2) is 4.79 Å². The molecule has 17 heavy (non-hydrogen) atoms. The van der Waals surface area contributed by atoms with Gasteiger partial charge in [-0.3, -0.25) is 4.79 Å². The van der Waals surface area contributed by atoms with Crippen LogP contribution in [-0.2, 0) is 23.8 Å². The lowest BCUT2D eigenvalue weighted by molar-refractivity contribution is -0.151. The van der Waals surface area contributed by atoms with E-state index in [9.17, 15) is 9.59 Å². The summed E-state index contributed by atoms with van der Waals surface area (Å²) in [6.45, 7) is 5.51. The second-order valence-corrected chi connectivity index (χ2v) is 4.13. The van der Waals surface area contributed by atoms with Gasteiger partial charge in [0.1, 0.15) is 13.2 Å². The molecule has 1 atom stereocenters. The number of methoxy groups -OCH3 is 1. The predicted octanol–water partition coefficient (Wildman–Crippen LogP) is 1.32. The van der Waals surface area contributed by atoms with Crippen LogP contribution < -0.4 is 0 Å². The van der Waals surface area contributed by atoms with E-state index in [1.807, 2.05) is 6.92 Å². The number of ether oxygens (including phenoxy) is 3. The highest BCUT2D eigenvalue weighted by molar-refractivity contribution is 5.81. The van der Waals surface area contributed by atoms with E-state index in [0.717, 1.165) is 0 Å². The molecule has 0 N–H and O–H groups in total. The lowest BCUT2D eigenvalue weighted by atomic mass is 9.94. The summed E-state index contributed by atoms with van der Waals surface area (Å²) in [5.41, 5.74) is -0.530. The van der Waals surface area contributed by atoms with E-state index in [1.54, 1.807) is 20.1 Å². The SMILES string of the molecule is C/C=C\C(=O)OCC(C)(COC)COC(C)=O. The fourth-order valence-electron chi connectivity index (χ4n) is 1.18. The summed E-state index contributed by atoms with van der Waals surface area (Å²) < 4.78 is 15.0. The number of hydrogen-bond donors (Lipinski definition) is 0. The first-order valence-electron chi connectivity index (χ1n) is 5.35. The van der Waals surface area contributed by atoms with Crippen molar-refractivity contribution in [1.29, 1.82) is 0 Å². The molecule has 0 amide bonds. The number of carbonyl (C=O) groups excluding carboxylic acids is 2. The Bertz CT molecular complexity index is 285. The first-order valence-corrected chi connectivity index (χ1v) is 5.35. The summed E-state index contributed by atoms with van der Waals surface area (Å²) in [6.07, 6.45) is 2.93. The summed E-state index contributed by atoms with van der Waals surface area (Å²) in [5, 5.41) is 0. The van der Waals surface area contributed by atoms with E-state index in [4.69, 9.17) is 14.2 Å². The third-order valence-electron chi connectivity index (χ3n) is 1.98. The Balaban J connectivity index is 4.28. The highest BCUT2D eigenvalue weighted by Gasteiger charge is 2.28. The average Bonchev–Trinajstić information content (AvgIpc) is 2.25. The second-order valence-electron chi connectivity index (χ2n) is 4.13. The van der Waals surface area contributed by atoms with Crippen molar-refractivity contribution in [1.82, 2.24) is 0 Å². The van der Waals surface area contributed by atoms with Crippen molar-refractivity contribution in [2.45, 2.75) is 20.8 Å². The quantitative estimate of drug-likeness (QED) is 0.499. The first kappa shape index (κ1) is 15.6. The molecule has 0 aromatic carbocycles. The smallest absolute Gasteiger partial charge is 0.330 e. The molecule has 0 bridgehead atoms. The predicted molar refractivity (Wildman–Crippen MR) is 62.4 cm³/mol. The summed E-state index contributed by atoms with van der Waals surface area (Å²) >= 11 is 0. The van der Waals surface area contributed by atoms with Crippen LogP contribution in [0.15, 0.2) is 12.2 Å². The highest BCUT2D eigenvalue weighted by atomic mass is 16.6. The Morgan fingerprint density at radius 1 is 1.18 bits per heavy atom. The number of carbonyl (C=O) groups is 2. The van der Waals surface area contributed by atoms with Crippen molar-refractivity contribution in [3.63, 3.8) is 0 Å². The van der Waals surface area contributed by atoms with Crippen molar-refractivity contribution in [2.24, 2.45) is 5.41 Å². The molecule has 0 spiro atoms. The highest BCUT2D eigenvalue weighted by Crippen LogP contribution is 2.18. The molecular formula is C12H20O5. The summed E-state index contributed by atoms with van der Waals surface area (Å²) in [5.74, 6) is -0.787. The van der Waals surface area contributed by atoms with E-state index >= 15 is 0 Å². The Kier molecular flexibility index (Phi) is 7.21. The Morgan fingerprint density at radius 2 is 1.76 bits per heavy atom. The minimum atomic E-state index is -0.530. The number of hydrogen-bond acceptors (Lipinski definition) is 5. The molecule has 0 rings (SSSR count). The van der Waals surface area contributed by atoms with Crippen LogP contribution in [0.25, 0.3) is 0 Å². The van der Waals surface area contributed by atoms with Gasteiger partial charge in [0, 0.05) is 20.1 Å². The van der Waals surface area contributed by atoms with Gasteiger partial charge in [0.2, 0.25) is 0 Å². The molecule has 0 aliphatic rings. The van der Waals surface area contributed by atoms with E-state index in [1.165, 1.54) is 13.0 Å². The maximum Gasteiger partial charge on any atom is 0.330 e. The van der Waals surface area contributed by atoms with Gasteiger partial charge < -0.3 is 14.2 Å². The third-order valence-corrected chi connectivity index (χ3v) is 1.98. The molecule has 0 aliphatic heterocycles. The molecule has 5 nitrogen and oxygen atoms in total. The lowest BCUT2D eigenvalue weighted by Gasteiger charge is -2.27. The summed E-state index contributed by atoms with van der Waals surface area (Å²) in [7, 11) is 1.54. The lowest BCUT2D eigenvalue weighted by Crippen LogP contribution is -2.35. The van der Waals surface area contributed by atoms with Crippen LogP contribution in [0.3, 0.4) is 0 Å². The Labute approximate surface area is 102 Å². The van der Waals surface area contributed by atoms with Crippen LogP contribution in [-0.4, -0.2) is 38.9 Å². The molecule has 0 radical (unpaired) electrons. The monoisotopic (exact) mass is 244 g/mol. The van der Waals surface area contributed by atoms with Crippen molar-refractivity contribution < 1.29 is 23.8 Å². The fraction of sp³-hybridized carbons (Fsp3) is 0.667. The second kappa shape index (κ2) is 7.84. The molecule has 0 saturated heterocycles. The topological polar surface area (TPSA) is 61.8 Å². The first-order chi connectivity index (χ1) is 7.93. The molecule has 0 aromatic heterocycles. The van der Waals surface area contributed by atoms with Gasteiger partial charge in [-0.1, -0.05) is 13.0 Å². The van der Waals surface area contributed by atoms with Gasteiger partial charge in [0.05, 0.1) is 12.0 Å². The van der Waals surface area contributed by atoms with Crippen LogP contribution in [0.5, 0.6) is 0 Å². The van der Waals surface area contributed by atoms with Crippen LogP contribution in [0.2, 0.25) is 0 Å². The van der Waals surface area contributed by atoms with Crippen LogP contribution in [0, 0.1) is 5.41 Å². The van der Waals surface area contributed by atoms with Crippen molar-refractivity contribution >= 4 is 11.9 Å². The zero-order valence-corrected chi connectivity index (χ0v) is 10.8. The van der Waals surface area contributed by atoms with E-state index in [0.29, 0.717) is 6.61 Å². The van der Waals surface area contributed by atoms with Gasteiger partial charge in [-0.05, 0) is 6.92 Å². The standard InChI is InChI=1S/C12H20O5/c1-5-6-11(14)17-9-12(3,7-15-4)8-16-10(2)13/h5-6H,7-9H2,1-4H3/b6-5-. The minimum absolute atomic E-state index is 0.136. The van der Waals surface area contributed by atoms with Crippen LogP contribution >= 0.6 is 0 Å². The number of esters is 2. The molecule has 98 valence electrons. The van der Waals surface area contributed by atoms with Gasteiger partial charge in [0.25, 0.3) is 0 Å². The number of allylic oxidation sites excluding steroid dienone is 1. The maximum absolute atomic E-state index is 11.2. The zero-order chi connectivity index (χ0) is 13.3. The number of rotatable bonds is 7. The Morgan fingerprint density at radius 3 is 2.24 bits per heavy atom. The van der Waals surface area contributed by atoms with Gasteiger partial charge in [-0.2, -0.15) is 0 Å². The zero-order valence-electron chi connectivity index (χ0n) is 10.8. The van der Waals surface area contributed by atoms with Crippen LogP contribution in [0.1, 0.15) is 20.8 Å². The van der Waals surface area contributed by atoms with Gasteiger partial charge in [-0.15, -0.1) is 0 Å². The molecule has 1 unspecified atom stereocenters. The minimum Gasteiger partial charge on any atom is -0.465 e. The molecule has 0 aliphatic carbocycles.